The Hall–Kier alpha value is -1.90. The largest absolute Gasteiger partial charge is 0.374 e. The minimum Gasteiger partial charge on any atom is -0.374 e. The standard InChI is InChI=1S/C13H13NO2/c1-8-5-4-6-9-11(15)7-10(14(2)3)13(16)12(8)9/h4-7H,1-3H3. The summed E-state index contributed by atoms with van der Waals surface area (Å²) in [6.45, 7) is 1.85. The van der Waals surface area contributed by atoms with Crippen molar-refractivity contribution in [3.63, 3.8) is 0 Å². The zero-order valence-electron chi connectivity index (χ0n) is 9.57. The molecule has 1 aromatic carbocycles. The van der Waals surface area contributed by atoms with E-state index in [1.807, 2.05) is 13.0 Å². The average molecular weight is 215 g/mol. The van der Waals surface area contributed by atoms with Gasteiger partial charge in [0.25, 0.3) is 0 Å². The van der Waals surface area contributed by atoms with E-state index in [4.69, 9.17) is 0 Å². The van der Waals surface area contributed by atoms with Crippen molar-refractivity contribution in [2.75, 3.05) is 14.1 Å². The van der Waals surface area contributed by atoms with Gasteiger partial charge in [0.05, 0.1) is 5.70 Å². The maximum Gasteiger partial charge on any atom is 0.210 e. The topological polar surface area (TPSA) is 37.4 Å². The smallest absolute Gasteiger partial charge is 0.210 e. The molecule has 2 rings (SSSR count). The maximum absolute atomic E-state index is 12.2. The second-order valence-electron chi connectivity index (χ2n) is 4.11. The first kappa shape index (κ1) is 10.6. The third-order valence-corrected chi connectivity index (χ3v) is 2.75. The molecule has 0 amide bonds. The quantitative estimate of drug-likeness (QED) is 0.717. The highest BCUT2D eigenvalue weighted by atomic mass is 16.1. The predicted molar refractivity (Wildman–Crippen MR) is 61.6 cm³/mol. The van der Waals surface area contributed by atoms with Crippen LogP contribution in [0.2, 0.25) is 0 Å². The lowest BCUT2D eigenvalue weighted by Gasteiger charge is -2.21. The molecule has 0 unspecified atom stereocenters. The van der Waals surface area contributed by atoms with Crippen LogP contribution in [-0.4, -0.2) is 30.6 Å². The summed E-state index contributed by atoms with van der Waals surface area (Å²) in [5.41, 5.74) is 2.35. The number of benzene rings is 1. The fourth-order valence-electron chi connectivity index (χ4n) is 1.90. The molecular weight excluding hydrogens is 202 g/mol. The summed E-state index contributed by atoms with van der Waals surface area (Å²) in [5, 5.41) is 0. The fourth-order valence-corrected chi connectivity index (χ4v) is 1.90. The van der Waals surface area contributed by atoms with Gasteiger partial charge in [0.15, 0.2) is 5.78 Å². The average Bonchev–Trinajstić information content (AvgIpc) is 2.22. The van der Waals surface area contributed by atoms with Crippen LogP contribution in [0.5, 0.6) is 0 Å². The summed E-state index contributed by atoms with van der Waals surface area (Å²) in [7, 11) is 3.53. The molecular formula is C13H13NO2. The zero-order valence-corrected chi connectivity index (χ0v) is 9.57. The van der Waals surface area contributed by atoms with Gasteiger partial charge in [-0.2, -0.15) is 0 Å². The Bertz CT molecular complexity index is 513. The first-order chi connectivity index (χ1) is 7.52. The second kappa shape index (κ2) is 3.59. The first-order valence-electron chi connectivity index (χ1n) is 5.10. The van der Waals surface area contributed by atoms with Crippen molar-refractivity contribution < 1.29 is 9.59 Å². The van der Waals surface area contributed by atoms with Crippen LogP contribution in [0, 0.1) is 6.92 Å². The molecule has 0 aliphatic heterocycles. The van der Waals surface area contributed by atoms with E-state index in [9.17, 15) is 9.59 Å². The molecule has 0 radical (unpaired) electrons. The number of hydrogen-bond acceptors (Lipinski definition) is 3. The first-order valence-corrected chi connectivity index (χ1v) is 5.10. The molecule has 3 heteroatoms. The minimum atomic E-state index is -0.0954. The number of allylic oxidation sites excluding steroid dienone is 2. The summed E-state index contributed by atoms with van der Waals surface area (Å²) in [6, 6.07) is 5.35. The van der Waals surface area contributed by atoms with E-state index in [-0.39, 0.29) is 11.6 Å². The van der Waals surface area contributed by atoms with Gasteiger partial charge >= 0.3 is 0 Å². The van der Waals surface area contributed by atoms with Gasteiger partial charge in [0, 0.05) is 31.3 Å². The van der Waals surface area contributed by atoms with Crippen LogP contribution in [0.15, 0.2) is 30.0 Å². The summed E-state index contributed by atoms with van der Waals surface area (Å²) in [5.74, 6) is -0.167. The monoisotopic (exact) mass is 215 g/mol. The van der Waals surface area contributed by atoms with Crippen molar-refractivity contribution in [2.45, 2.75) is 6.92 Å². The molecule has 0 saturated carbocycles. The summed E-state index contributed by atoms with van der Waals surface area (Å²) >= 11 is 0. The highest BCUT2D eigenvalue weighted by Crippen LogP contribution is 2.24. The zero-order chi connectivity index (χ0) is 11.9. The van der Waals surface area contributed by atoms with Crippen LogP contribution in [0.1, 0.15) is 26.3 Å². The normalized spacial score (nSPS) is 14.6. The van der Waals surface area contributed by atoms with Gasteiger partial charge < -0.3 is 4.90 Å². The number of carbonyl (C=O) groups is 2. The van der Waals surface area contributed by atoms with Crippen LogP contribution in [0.4, 0.5) is 0 Å². The van der Waals surface area contributed by atoms with Crippen LogP contribution in [-0.2, 0) is 0 Å². The lowest BCUT2D eigenvalue weighted by Crippen LogP contribution is -2.26. The van der Waals surface area contributed by atoms with Crippen molar-refractivity contribution in [2.24, 2.45) is 0 Å². The van der Waals surface area contributed by atoms with E-state index in [0.717, 1.165) is 5.56 Å². The number of fused-ring (bicyclic) bond motifs is 1. The van der Waals surface area contributed by atoms with E-state index < -0.39 is 0 Å². The Kier molecular flexibility index (Phi) is 2.38. The number of ketones is 2. The van der Waals surface area contributed by atoms with Gasteiger partial charge in [0.2, 0.25) is 5.78 Å². The van der Waals surface area contributed by atoms with E-state index in [1.54, 1.807) is 31.1 Å². The molecule has 0 aromatic heterocycles. The van der Waals surface area contributed by atoms with Crippen molar-refractivity contribution in [3.05, 3.63) is 46.7 Å². The van der Waals surface area contributed by atoms with Crippen LogP contribution in [0.25, 0.3) is 0 Å². The number of nitrogens with zero attached hydrogens (tertiary/aromatic N) is 1. The molecule has 16 heavy (non-hydrogen) atoms. The van der Waals surface area contributed by atoms with Crippen LogP contribution < -0.4 is 0 Å². The molecule has 1 aliphatic carbocycles. The molecule has 0 saturated heterocycles. The molecule has 1 aromatic rings. The van der Waals surface area contributed by atoms with E-state index in [1.165, 1.54) is 6.08 Å². The third kappa shape index (κ3) is 1.45. The van der Waals surface area contributed by atoms with Crippen LogP contribution in [0.3, 0.4) is 0 Å². The Morgan fingerprint density at radius 1 is 1.12 bits per heavy atom. The number of likely N-dealkylation sites (N-methyl/N-ethyl adjacent to an activating group) is 1. The molecule has 0 fully saturated rings. The summed E-state index contributed by atoms with van der Waals surface area (Å²) < 4.78 is 0. The Morgan fingerprint density at radius 2 is 1.81 bits per heavy atom. The van der Waals surface area contributed by atoms with Gasteiger partial charge in [-0.1, -0.05) is 18.2 Å². The SMILES string of the molecule is Cc1cccc2c1C(=O)C(N(C)C)=CC2=O. The van der Waals surface area contributed by atoms with Gasteiger partial charge in [0.1, 0.15) is 0 Å². The second-order valence-corrected chi connectivity index (χ2v) is 4.11. The van der Waals surface area contributed by atoms with Crippen molar-refractivity contribution in [1.82, 2.24) is 4.90 Å². The third-order valence-electron chi connectivity index (χ3n) is 2.75. The number of hydrogen-bond donors (Lipinski definition) is 0. The fraction of sp³-hybridized carbons (Fsp3) is 0.231. The number of aryl methyl sites for hydroxylation is 1. The van der Waals surface area contributed by atoms with Crippen molar-refractivity contribution in [1.29, 1.82) is 0 Å². The van der Waals surface area contributed by atoms with Gasteiger partial charge in [-0.15, -0.1) is 0 Å². The van der Waals surface area contributed by atoms with E-state index >= 15 is 0 Å². The van der Waals surface area contributed by atoms with E-state index in [2.05, 4.69) is 0 Å². The number of carbonyl (C=O) groups excluding carboxylic acids is 2. The molecule has 0 atom stereocenters. The minimum absolute atomic E-state index is 0.0716. The summed E-state index contributed by atoms with van der Waals surface area (Å²) in [6.07, 6.45) is 1.41. The molecule has 0 heterocycles. The molecule has 1 aliphatic rings. The van der Waals surface area contributed by atoms with Gasteiger partial charge in [-0.3, -0.25) is 9.59 Å². The number of rotatable bonds is 1. The molecule has 82 valence electrons. The number of Topliss-reactive ketones (excluding diaryl/α,β-unsaturated/α-hetero) is 1. The van der Waals surface area contributed by atoms with Gasteiger partial charge in [-0.05, 0) is 12.5 Å². The summed E-state index contributed by atoms with van der Waals surface area (Å²) in [4.78, 5) is 25.7. The van der Waals surface area contributed by atoms with Crippen LogP contribution >= 0.6 is 0 Å². The van der Waals surface area contributed by atoms with Gasteiger partial charge in [-0.25, -0.2) is 0 Å². The highest BCUT2D eigenvalue weighted by Gasteiger charge is 2.27. The Labute approximate surface area is 94.4 Å². The lowest BCUT2D eigenvalue weighted by molar-refractivity contribution is 0.0962. The molecule has 0 N–H and O–H groups in total. The van der Waals surface area contributed by atoms with Crippen molar-refractivity contribution in [3.8, 4) is 0 Å². The highest BCUT2D eigenvalue weighted by molar-refractivity contribution is 6.24. The molecule has 0 bridgehead atoms. The molecule has 3 nitrogen and oxygen atoms in total. The Balaban J connectivity index is 2.66. The maximum atomic E-state index is 12.2. The van der Waals surface area contributed by atoms with Crippen molar-refractivity contribution >= 4 is 11.6 Å². The van der Waals surface area contributed by atoms with E-state index in [0.29, 0.717) is 16.8 Å². The molecule has 0 spiro atoms. The Morgan fingerprint density at radius 3 is 2.44 bits per heavy atom. The predicted octanol–water partition coefficient (Wildman–Crippen LogP) is 1.82. The lowest BCUT2D eigenvalue weighted by atomic mass is 9.89.